The Hall–Kier alpha value is -1.35. The average molecular weight is 310 g/mol. The predicted octanol–water partition coefficient (Wildman–Crippen LogP) is 2.57. The molecule has 0 unspecified atom stereocenters. The molecule has 0 N–H and O–H groups in total. The highest BCUT2D eigenvalue weighted by atomic mass is 32.2. The highest BCUT2D eigenvalue weighted by Crippen LogP contribution is 2.33. The van der Waals surface area contributed by atoms with Gasteiger partial charge >= 0.3 is 6.18 Å². The van der Waals surface area contributed by atoms with E-state index in [1.54, 1.807) is 0 Å². The van der Waals surface area contributed by atoms with E-state index in [0.29, 0.717) is 5.56 Å². The van der Waals surface area contributed by atoms with Gasteiger partial charge in [-0.1, -0.05) is 0 Å². The third kappa shape index (κ3) is 2.81. The summed E-state index contributed by atoms with van der Waals surface area (Å²) >= 11 is 0.955. The van der Waals surface area contributed by atoms with Gasteiger partial charge < -0.3 is 0 Å². The Bertz CT molecular complexity index is 713. The number of aromatic nitrogens is 2. The fourth-order valence-electron chi connectivity index (χ4n) is 1.52. The van der Waals surface area contributed by atoms with Gasteiger partial charge in [-0.2, -0.15) is 18.3 Å². The van der Waals surface area contributed by atoms with Gasteiger partial charge in [0, 0.05) is 24.2 Å². The van der Waals surface area contributed by atoms with Gasteiger partial charge in [0.05, 0.1) is 5.69 Å². The SMILES string of the molecule is Cn1nc(-c2csc(S(C)(=O)=O)c2)cc1C(F)(F)F. The molecular weight excluding hydrogens is 301 g/mol. The third-order valence-electron chi connectivity index (χ3n) is 2.41. The summed E-state index contributed by atoms with van der Waals surface area (Å²) in [7, 11) is -2.17. The van der Waals surface area contributed by atoms with Crippen molar-refractivity contribution in [3.05, 3.63) is 23.2 Å². The van der Waals surface area contributed by atoms with E-state index in [1.165, 1.54) is 18.5 Å². The van der Waals surface area contributed by atoms with E-state index in [4.69, 9.17) is 0 Å². The summed E-state index contributed by atoms with van der Waals surface area (Å²) in [5.41, 5.74) is -0.424. The molecule has 0 bridgehead atoms. The Morgan fingerprint density at radius 3 is 2.37 bits per heavy atom. The summed E-state index contributed by atoms with van der Waals surface area (Å²) in [6.45, 7) is 0. The van der Waals surface area contributed by atoms with E-state index in [2.05, 4.69) is 5.10 Å². The van der Waals surface area contributed by atoms with Crippen LogP contribution in [0.3, 0.4) is 0 Å². The second-order valence-corrected chi connectivity index (χ2v) is 7.12. The van der Waals surface area contributed by atoms with Crippen molar-refractivity contribution in [2.45, 2.75) is 10.4 Å². The second kappa shape index (κ2) is 4.34. The topological polar surface area (TPSA) is 52.0 Å². The molecule has 0 radical (unpaired) electrons. The van der Waals surface area contributed by atoms with Gasteiger partial charge in [-0.05, 0) is 12.1 Å². The van der Waals surface area contributed by atoms with Crippen LogP contribution in [0.1, 0.15) is 5.69 Å². The van der Waals surface area contributed by atoms with Crippen LogP contribution >= 0.6 is 11.3 Å². The van der Waals surface area contributed by atoms with Gasteiger partial charge in [-0.15, -0.1) is 11.3 Å². The van der Waals surface area contributed by atoms with Crippen molar-refractivity contribution in [3.8, 4) is 11.3 Å². The molecular formula is C10H9F3N2O2S2. The highest BCUT2D eigenvalue weighted by Gasteiger charge is 2.35. The molecule has 0 aliphatic carbocycles. The number of halogens is 3. The highest BCUT2D eigenvalue weighted by molar-refractivity contribution is 7.92. The minimum atomic E-state index is -4.49. The summed E-state index contributed by atoms with van der Waals surface area (Å²) < 4.78 is 61.3. The van der Waals surface area contributed by atoms with E-state index in [9.17, 15) is 21.6 Å². The van der Waals surface area contributed by atoms with Gasteiger partial charge in [0.1, 0.15) is 9.90 Å². The fourth-order valence-corrected chi connectivity index (χ4v) is 3.33. The van der Waals surface area contributed by atoms with E-state index < -0.39 is 21.7 Å². The first-order chi connectivity index (χ1) is 8.59. The largest absolute Gasteiger partial charge is 0.433 e. The molecule has 0 saturated carbocycles. The molecule has 0 aliphatic heterocycles. The molecule has 0 amide bonds. The van der Waals surface area contributed by atoms with E-state index in [0.717, 1.165) is 28.3 Å². The fraction of sp³-hybridized carbons (Fsp3) is 0.300. The Morgan fingerprint density at radius 2 is 1.95 bits per heavy atom. The van der Waals surface area contributed by atoms with Crippen molar-refractivity contribution in [1.29, 1.82) is 0 Å². The number of thiophene rings is 1. The summed E-state index contributed by atoms with van der Waals surface area (Å²) in [6, 6.07) is 2.22. The molecule has 0 aromatic carbocycles. The van der Waals surface area contributed by atoms with Crippen LogP contribution in [0.15, 0.2) is 21.7 Å². The Labute approximate surface area is 111 Å². The van der Waals surface area contributed by atoms with Crippen LogP contribution < -0.4 is 0 Å². The lowest BCUT2D eigenvalue weighted by Gasteiger charge is -2.04. The molecule has 0 spiro atoms. The first-order valence-electron chi connectivity index (χ1n) is 4.99. The van der Waals surface area contributed by atoms with E-state index in [-0.39, 0.29) is 9.90 Å². The Balaban J connectivity index is 2.47. The summed E-state index contributed by atoms with van der Waals surface area (Å²) in [5, 5.41) is 5.22. The lowest BCUT2D eigenvalue weighted by atomic mass is 10.2. The van der Waals surface area contributed by atoms with Gasteiger partial charge in [0.2, 0.25) is 0 Å². The molecule has 0 aliphatic rings. The number of hydrogen-bond donors (Lipinski definition) is 0. The zero-order chi connectivity index (χ0) is 14.4. The van der Waals surface area contributed by atoms with Gasteiger partial charge in [0.15, 0.2) is 9.84 Å². The predicted molar refractivity (Wildman–Crippen MR) is 64.6 cm³/mol. The second-order valence-electron chi connectivity index (χ2n) is 3.96. The summed E-state index contributed by atoms with van der Waals surface area (Å²) in [6.07, 6.45) is -3.45. The molecule has 2 heterocycles. The van der Waals surface area contributed by atoms with Crippen molar-refractivity contribution in [2.24, 2.45) is 7.05 Å². The van der Waals surface area contributed by atoms with Crippen molar-refractivity contribution >= 4 is 21.2 Å². The molecule has 0 atom stereocenters. The van der Waals surface area contributed by atoms with Crippen molar-refractivity contribution in [1.82, 2.24) is 9.78 Å². The number of sulfone groups is 1. The minimum absolute atomic E-state index is 0.0981. The molecule has 0 saturated heterocycles. The monoisotopic (exact) mass is 310 g/mol. The van der Waals surface area contributed by atoms with Crippen molar-refractivity contribution < 1.29 is 21.6 Å². The Kier molecular flexibility index (Phi) is 3.21. The minimum Gasteiger partial charge on any atom is -0.263 e. The van der Waals surface area contributed by atoms with Gasteiger partial charge in [0.25, 0.3) is 0 Å². The van der Waals surface area contributed by atoms with Crippen LogP contribution in [0.2, 0.25) is 0 Å². The maximum absolute atomic E-state index is 12.6. The number of hydrogen-bond acceptors (Lipinski definition) is 4. The molecule has 0 fully saturated rings. The van der Waals surface area contributed by atoms with Crippen LogP contribution in [0.4, 0.5) is 13.2 Å². The van der Waals surface area contributed by atoms with Crippen LogP contribution in [0.25, 0.3) is 11.3 Å². The molecule has 2 rings (SSSR count). The Morgan fingerprint density at radius 1 is 1.32 bits per heavy atom. The molecule has 4 nitrogen and oxygen atoms in total. The number of aryl methyl sites for hydroxylation is 1. The number of alkyl halides is 3. The number of rotatable bonds is 2. The lowest BCUT2D eigenvalue weighted by molar-refractivity contribution is -0.143. The first kappa shape index (κ1) is 14.1. The maximum atomic E-state index is 12.6. The summed E-state index contributed by atoms with van der Waals surface area (Å²) in [4.78, 5) is 0. The van der Waals surface area contributed by atoms with Gasteiger partial charge in [-0.25, -0.2) is 8.42 Å². The lowest BCUT2D eigenvalue weighted by Crippen LogP contribution is -2.11. The van der Waals surface area contributed by atoms with Crippen LogP contribution in [-0.2, 0) is 23.1 Å². The third-order valence-corrected chi connectivity index (χ3v) is 5.17. The summed E-state index contributed by atoms with van der Waals surface area (Å²) in [5.74, 6) is 0. The first-order valence-corrected chi connectivity index (χ1v) is 7.76. The quantitative estimate of drug-likeness (QED) is 0.856. The smallest absolute Gasteiger partial charge is 0.263 e. The van der Waals surface area contributed by atoms with Crippen molar-refractivity contribution in [3.63, 3.8) is 0 Å². The van der Waals surface area contributed by atoms with Crippen LogP contribution in [-0.4, -0.2) is 24.5 Å². The van der Waals surface area contributed by atoms with Crippen molar-refractivity contribution in [2.75, 3.05) is 6.26 Å². The van der Waals surface area contributed by atoms with Gasteiger partial charge in [-0.3, -0.25) is 4.68 Å². The molecule has 104 valence electrons. The zero-order valence-electron chi connectivity index (χ0n) is 9.89. The number of nitrogens with zero attached hydrogens (tertiary/aromatic N) is 2. The molecule has 9 heteroatoms. The molecule has 2 aromatic rings. The molecule has 19 heavy (non-hydrogen) atoms. The standard InChI is InChI=1S/C10H9F3N2O2S2/c1-15-8(10(11,12)13)4-7(14-15)6-3-9(18-5-6)19(2,16)17/h3-5H,1-2H3. The van der Waals surface area contributed by atoms with E-state index in [1.807, 2.05) is 0 Å². The normalized spacial score (nSPS) is 12.9. The average Bonchev–Trinajstić information content (AvgIpc) is 2.79. The van der Waals surface area contributed by atoms with E-state index >= 15 is 0 Å². The zero-order valence-corrected chi connectivity index (χ0v) is 11.5. The molecule has 2 aromatic heterocycles. The van der Waals surface area contributed by atoms with Crippen LogP contribution in [0, 0.1) is 0 Å². The van der Waals surface area contributed by atoms with Crippen LogP contribution in [0.5, 0.6) is 0 Å². The maximum Gasteiger partial charge on any atom is 0.433 e.